The van der Waals surface area contributed by atoms with Crippen LogP contribution in [0.3, 0.4) is 0 Å². The molecule has 0 radical (unpaired) electrons. The van der Waals surface area contributed by atoms with Crippen molar-refractivity contribution in [3.8, 4) is 0 Å². The summed E-state index contributed by atoms with van der Waals surface area (Å²) in [5.74, 6) is 3.12. The van der Waals surface area contributed by atoms with Gasteiger partial charge in [0.05, 0.1) is 0 Å². The Morgan fingerprint density at radius 1 is 1.33 bits per heavy atom. The van der Waals surface area contributed by atoms with Crippen LogP contribution in [0.4, 0.5) is 11.6 Å². The fraction of sp³-hybridized carbons (Fsp3) is 0.500. The van der Waals surface area contributed by atoms with E-state index in [4.69, 9.17) is 4.98 Å². The van der Waals surface area contributed by atoms with Gasteiger partial charge in [-0.15, -0.1) is 11.3 Å². The average Bonchev–Trinajstić information content (AvgIpc) is 2.98. The highest BCUT2D eigenvalue weighted by Gasteiger charge is 2.11. The molecule has 0 fully saturated rings. The molecule has 0 amide bonds. The van der Waals surface area contributed by atoms with Gasteiger partial charge in [0.2, 0.25) is 0 Å². The van der Waals surface area contributed by atoms with Crippen LogP contribution >= 0.6 is 11.3 Å². The van der Waals surface area contributed by atoms with E-state index in [0.717, 1.165) is 37.0 Å². The zero-order chi connectivity index (χ0) is 15.2. The minimum absolute atomic E-state index is 0.327. The Bertz CT molecular complexity index is 551. The molecule has 114 valence electrons. The Labute approximate surface area is 131 Å². The summed E-state index contributed by atoms with van der Waals surface area (Å²) >= 11 is 1.81. The van der Waals surface area contributed by atoms with Crippen molar-refractivity contribution in [1.29, 1.82) is 0 Å². The highest BCUT2D eigenvalue weighted by Crippen LogP contribution is 2.20. The molecule has 2 aromatic heterocycles. The molecule has 5 heteroatoms. The summed E-state index contributed by atoms with van der Waals surface area (Å²) in [7, 11) is 2.09. The molecular formula is C16H24N4S. The van der Waals surface area contributed by atoms with Crippen LogP contribution in [0.15, 0.2) is 23.6 Å². The Kier molecular flexibility index (Phi) is 5.56. The van der Waals surface area contributed by atoms with Crippen molar-refractivity contribution < 1.29 is 0 Å². The molecule has 0 spiro atoms. The molecule has 4 nitrogen and oxygen atoms in total. The Balaban J connectivity index is 2.12. The van der Waals surface area contributed by atoms with Crippen LogP contribution in [0, 0.1) is 0 Å². The maximum absolute atomic E-state index is 4.69. The van der Waals surface area contributed by atoms with Crippen LogP contribution in [0.25, 0.3) is 0 Å². The summed E-state index contributed by atoms with van der Waals surface area (Å²) in [6.07, 6.45) is 1.05. The van der Waals surface area contributed by atoms with Gasteiger partial charge in [-0.05, 0) is 24.8 Å². The molecule has 0 unspecified atom stereocenters. The number of hydrogen-bond acceptors (Lipinski definition) is 5. The fourth-order valence-electron chi connectivity index (χ4n) is 2.03. The summed E-state index contributed by atoms with van der Waals surface area (Å²) in [6, 6.07) is 6.32. The van der Waals surface area contributed by atoms with Crippen molar-refractivity contribution in [1.82, 2.24) is 9.97 Å². The highest BCUT2D eigenvalue weighted by molar-refractivity contribution is 7.09. The zero-order valence-electron chi connectivity index (χ0n) is 13.3. The second-order valence-electron chi connectivity index (χ2n) is 5.41. The van der Waals surface area contributed by atoms with E-state index in [0.29, 0.717) is 5.92 Å². The maximum Gasteiger partial charge on any atom is 0.135 e. The number of nitrogens with one attached hydrogen (secondary N) is 1. The molecule has 0 aliphatic carbocycles. The number of hydrogen-bond donors (Lipinski definition) is 1. The van der Waals surface area contributed by atoms with Crippen LogP contribution in [0.2, 0.25) is 0 Å². The molecule has 0 saturated heterocycles. The second kappa shape index (κ2) is 7.41. The standard InChI is InChI=1S/C16H24N4S/c1-5-17-14-11-15(19-16(18-14)12(2)3)20(4)9-8-13-7-6-10-21-13/h6-7,10-12H,5,8-9H2,1-4H3,(H,17,18,19). The van der Waals surface area contributed by atoms with E-state index in [2.05, 4.69) is 60.5 Å². The van der Waals surface area contributed by atoms with E-state index in [1.165, 1.54) is 4.88 Å². The highest BCUT2D eigenvalue weighted by atomic mass is 32.1. The van der Waals surface area contributed by atoms with Gasteiger partial charge in [0, 0.05) is 37.0 Å². The number of likely N-dealkylation sites (N-methyl/N-ethyl adjacent to an activating group) is 1. The van der Waals surface area contributed by atoms with Crippen molar-refractivity contribution >= 4 is 23.0 Å². The first-order valence-electron chi connectivity index (χ1n) is 7.46. The fourth-order valence-corrected chi connectivity index (χ4v) is 2.72. The van der Waals surface area contributed by atoms with Crippen LogP contribution in [0.1, 0.15) is 37.4 Å². The smallest absolute Gasteiger partial charge is 0.135 e. The number of aromatic nitrogens is 2. The van der Waals surface area contributed by atoms with Crippen LogP contribution in [-0.4, -0.2) is 30.1 Å². The Morgan fingerprint density at radius 2 is 2.14 bits per heavy atom. The third kappa shape index (κ3) is 4.43. The summed E-state index contributed by atoms with van der Waals surface area (Å²) < 4.78 is 0. The molecule has 2 rings (SSSR count). The number of rotatable bonds is 7. The van der Waals surface area contributed by atoms with Crippen LogP contribution in [0.5, 0.6) is 0 Å². The lowest BCUT2D eigenvalue weighted by molar-refractivity contribution is 0.762. The normalized spacial score (nSPS) is 10.9. The molecule has 0 atom stereocenters. The summed E-state index contributed by atoms with van der Waals surface area (Å²) in [6.45, 7) is 8.16. The van der Waals surface area contributed by atoms with Crippen LogP contribution < -0.4 is 10.2 Å². The van der Waals surface area contributed by atoms with Gasteiger partial charge in [-0.1, -0.05) is 19.9 Å². The molecule has 0 saturated carbocycles. The molecule has 0 aliphatic rings. The summed E-state index contributed by atoms with van der Waals surface area (Å²) in [5.41, 5.74) is 0. The van der Waals surface area contributed by atoms with Gasteiger partial charge in [-0.3, -0.25) is 0 Å². The van der Waals surface area contributed by atoms with E-state index in [1.54, 1.807) is 0 Å². The molecule has 0 aliphatic heterocycles. The zero-order valence-corrected chi connectivity index (χ0v) is 14.1. The van der Waals surface area contributed by atoms with E-state index in [-0.39, 0.29) is 0 Å². The minimum atomic E-state index is 0.327. The number of nitrogens with zero attached hydrogens (tertiary/aromatic N) is 3. The third-order valence-electron chi connectivity index (χ3n) is 3.27. The lowest BCUT2D eigenvalue weighted by Gasteiger charge is -2.20. The van der Waals surface area contributed by atoms with Crippen molar-refractivity contribution in [2.45, 2.75) is 33.1 Å². The topological polar surface area (TPSA) is 41.0 Å². The third-order valence-corrected chi connectivity index (χ3v) is 4.21. The predicted octanol–water partition coefficient (Wildman–Crippen LogP) is 3.77. The first-order chi connectivity index (χ1) is 10.1. The minimum Gasteiger partial charge on any atom is -0.370 e. The van der Waals surface area contributed by atoms with Crippen LogP contribution in [-0.2, 0) is 6.42 Å². The molecular weight excluding hydrogens is 280 g/mol. The SMILES string of the molecule is CCNc1cc(N(C)CCc2cccs2)nc(C(C)C)n1. The van der Waals surface area contributed by atoms with E-state index in [9.17, 15) is 0 Å². The lowest BCUT2D eigenvalue weighted by atomic mass is 10.2. The quantitative estimate of drug-likeness (QED) is 0.845. The van der Waals surface area contributed by atoms with Gasteiger partial charge in [0.15, 0.2) is 0 Å². The summed E-state index contributed by atoms with van der Waals surface area (Å²) in [5, 5.41) is 5.42. The predicted molar refractivity (Wildman–Crippen MR) is 91.6 cm³/mol. The van der Waals surface area contributed by atoms with Gasteiger partial charge >= 0.3 is 0 Å². The first-order valence-corrected chi connectivity index (χ1v) is 8.34. The van der Waals surface area contributed by atoms with Crippen molar-refractivity contribution in [3.05, 3.63) is 34.3 Å². The Morgan fingerprint density at radius 3 is 2.76 bits per heavy atom. The van der Waals surface area contributed by atoms with E-state index >= 15 is 0 Å². The van der Waals surface area contributed by atoms with Gasteiger partial charge in [-0.25, -0.2) is 9.97 Å². The Hall–Kier alpha value is -1.62. The summed E-state index contributed by atoms with van der Waals surface area (Å²) in [4.78, 5) is 12.9. The molecule has 0 bridgehead atoms. The molecule has 2 heterocycles. The van der Waals surface area contributed by atoms with Crippen molar-refractivity contribution in [2.24, 2.45) is 0 Å². The van der Waals surface area contributed by atoms with E-state index in [1.807, 2.05) is 17.4 Å². The maximum atomic E-state index is 4.69. The lowest BCUT2D eigenvalue weighted by Crippen LogP contribution is -2.22. The number of thiophene rings is 1. The molecule has 1 N–H and O–H groups in total. The van der Waals surface area contributed by atoms with Crippen molar-refractivity contribution in [3.63, 3.8) is 0 Å². The molecule has 21 heavy (non-hydrogen) atoms. The van der Waals surface area contributed by atoms with Crippen molar-refractivity contribution in [2.75, 3.05) is 30.4 Å². The van der Waals surface area contributed by atoms with Gasteiger partial charge in [0.25, 0.3) is 0 Å². The first kappa shape index (κ1) is 15.8. The van der Waals surface area contributed by atoms with E-state index < -0.39 is 0 Å². The molecule has 0 aromatic carbocycles. The van der Waals surface area contributed by atoms with Gasteiger partial charge in [0.1, 0.15) is 17.5 Å². The second-order valence-corrected chi connectivity index (χ2v) is 6.44. The largest absolute Gasteiger partial charge is 0.370 e. The van der Waals surface area contributed by atoms with Gasteiger partial charge < -0.3 is 10.2 Å². The number of anilines is 2. The van der Waals surface area contributed by atoms with Gasteiger partial charge in [-0.2, -0.15) is 0 Å². The molecule has 2 aromatic rings. The average molecular weight is 304 g/mol. The monoisotopic (exact) mass is 304 g/mol.